The van der Waals surface area contributed by atoms with Gasteiger partial charge in [-0.3, -0.25) is 9.78 Å². The van der Waals surface area contributed by atoms with Crippen LogP contribution in [0.15, 0.2) is 36.7 Å². The van der Waals surface area contributed by atoms with Crippen molar-refractivity contribution < 1.29 is 9.90 Å². The molecule has 0 aliphatic heterocycles. The van der Waals surface area contributed by atoms with E-state index in [-0.39, 0.29) is 18.0 Å². The molecule has 0 unspecified atom stereocenters. The lowest BCUT2D eigenvalue weighted by Crippen LogP contribution is -2.06. The number of rotatable bonds is 3. The number of phenols is 1. The van der Waals surface area contributed by atoms with Gasteiger partial charge in [-0.25, -0.2) is 0 Å². The highest BCUT2D eigenvalue weighted by atomic mass is 16.3. The second-order valence-corrected chi connectivity index (χ2v) is 4.42. The molecule has 0 saturated carbocycles. The summed E-state index contributed by atoms with van der Waals surface area (Å²) in [7, 11) is 0. The van der Waals surface area contributed by atoms with Crippen LogP contribution in [-0.4, -0.2) is 15.9 Å². The Bertz CT molecular complexity index is 591. The number of phenolic OH excluding ortho intramolecular Hbond substituents is 1. The van der Waals surface area contributed by atoms with E-state index < -0.39 is 0 Å². The quantitative estimate of drug-likeness (QED) is 0.841. The van der Waals surface area contributed by atoms with Crippen LogP contribution in [-0.2, 0) is 6.42 Å². The van der Waals surface area contributed by atoms with E-state index in [0.29, 0.717) is 11.1 Å². The molecule has 1 N–H and O–H groups in total. The number of carbonyl (C=O) groups excluding carboxylic acids is 1. The molecule has 0 saturated heterocycles. The number of nitrogens with zero attached hydrogens (tertiary/aromatic N) is 1. The number of hydrogen-bond donors (Lipinski definition) is 1. The highest BCUT2D eigenvalue weighted by Gasteiger charge is 2.12. The molecular formula is C15H15NO2. The lowest BCUT2D eigenvalue weighted by atomic mass is 9.99. The minimum Gasteiger partial charge on any atom is -0.508 e. The zero-order valence-corrected chi connectivity index (χ0v) is 10.5. The van der Waals surface area contributed by atoms with Crippen LogP contribution in [0.2, 0.25) is 0 Å². The summed E-state index contributed by atoms with van der Waals surface area (Å²) in [6.45, 7) is 3.79. The molecule has 1 aromatic heterocycles. The van der Waals surface area contributed by atoms with Crippen LogP contribution in [0, 0.1) is 13.8 Å². The highest BCUT2D eigenvalue weighted by molar-refractivity contribution is 5.98. The molecule has 2 rings (SSSR count). The molecule has 0 amide bonds. The first-order valence-electron chi connectivity index (χ1n) is 5.80. The number of aryl methyl sites for hydroxylation is 2. The fourth-order valence-electron chi connectivity index (χ4n) is 1.91. The molecule has 18 heavy (non-hydrogen) atoms. The van der Waals surface area contributed by atoms with Crippen LogP contribution in [0.3, 0.4) is 0 Å². The monoisotopic (exact) mass is 241 g/mol. The molecule has 1 aromatic carbocycles. The molecular weight excluding hydrogens is 226 g/mol. The lowest BCUT2D eigenvalue weighted by Gasteiger charge is -2.07. The molecule has 0 aliphatic rings. The van der Waals surface area contributed by atoms with Gasteiger partial charge in [0.2, 0.25) is 0 Å². The first-order valence-corrected chi connectivity index (χ1v) is 5.80. The molecule has 1 heterocycles. The summed E-state index contributed by atoms with van der Waals surface area (Å²) < 4.78 is 0. The normalized spacial score (nSPS) is 10.3. The fraction of sp³-hybridized carbons (Fsp3) is 0.200. The Morgan fingerprint density at radius 3 is 2.78 bits per heavy atom. The third kappa shape index (κ3) is 2.56. The van der Waals surface area contributed by atoms with E-state index in [1.807, 2.05) is 26.0 Å². The summed E-state index contributed by atoms with van der Waals surface area (Å²) in [5, 5.41) is 9.74. The maximum Gasteiger partial charge on any atom is 0.167 e. The lowest BCUT2D eigenvalue weighted by molar-refractivity contribution is 0.0991. The van der Waals surface area contributed by atoms with E-state index in [9.17, 15) is 9.90 Å². The Balaban J connectivity index is 2.27. The average Bonchev–Trinajstić information content (AvgIpc) is 2.34. The summed E-state index contributed by atoms with van der Waals surface area (Å²) >= 11 is 0. The Hall–Kier alpha value is -2.16. The van der Waals surface area contributed by atoms with Gasteiger partial charge in [0.15, 0.2) is 5.78 Å². The van der Waals surface area contributed by atoms with E-state index in [1.54, 1.807) is 24.5 Å². The first kappa shape index (κ1) is 12.3. The largest absolute Gasteiger partial charge is 0.508 e. The van der Waals surface area contributed by atoms with Crippen molar-refractivity contribution in [1.82, 2.24) is 4.98 Å². The number of ketones is 1. The number of aromatic hydroxyl groups is 1. The van der Waals surface area contributed by atoms with Crippen LogP contribution in [0.5, 0.6) is 5.75 Å². The molecule has 3 nitrogen and oxygen atoms in total. The first-order chi connectivity index (χ1) is 8.58. The van der Waals surface area contributed by atoms with E-state index in [1.165, 1.54) is 0 Å². The highest BCUT2D eigenvalue weighted by Crippen LogP contribution is 2.20. The number of Topliss-reactive ketones (excluding diaryl/α,β-unsaturated/α-hetero) is 1. The van der Waals surface area contributed by atoms with Crippen LogP contribution in [0.4, 0.5) is 0 Å². The molecule has 0 aliphatic carbocycles. The molecule has 0 spiro atoms. The van der Waals surface area contributed by atoms with Crippen molar-refractivity contribution in [3.8, 4) is 5.75 Å². The van der Waals surface area contributed by atoms with Gasteiger partial charge in [-0.05, 0) is 31.5 Å². The molecule has 0 radical (unpaired) electrons. The maximum absolute atomic E-state index is 12.2. The summed E-state index contributed by atoms with van der Waals surface area (Å²) in [4.78, 5) is 16.1. The van der Waals surface area contributed by atoms with Gasteiger partial charge in [0.1, 0.15) is 5.75 Å². The summed E-state index contributed by atoms with van der Waals surface area (Å²) in [6.07, 6.45) is 3.48. The van der Waals surface area contributed by atoms with Gasteiger partial charge < -0.3 is 5.11 Å². The Morgan fingerprint density at radius 1 is 1.28 bits per heavy atom. The molecule has 0 bridgehead atoms. The van der Waals surface area contributed by atoms with Crippen molar-refractivity contribution in [3.63, 3.8) is 0 Å². The number of benzene rings is 1. The zero-order valence-electron chi connectivity index (χ0n) is 10.5. The summed E-state index contributed by atoms with van der Waals surface area (Å²) in [5.41, 5.74) is 3.21. The summed E-state index contributed by atoms with van der Waals surface area (Å²) in [5.74, 6) is 0.163. The number of carbonyl (C=O) groups is 1. The molecule has 0 atom stereocenters. The van der Waals surface area contributed by atoms with E-state index >= 15 is 0 Å². The second kappa shape index (κ2) is 5.00. The molecule has 2 aromatic rings. The minimum atomic E-state index is -0.00389. The predicted molar refractivity (Wildman–Crippen MR) is 69.9 cm³/mol. The van der Waals surface area contributed by atoms with Crippen molar-refractivity contribution >= 4 is 5.78 Å². The van der Waals surface area contributed by atoms with Gasteiger partial charge in [0.25, 0.3) is 0 Å². The molecule has 0 fully saturated rings. The van der Waals surface area contributed by atoms with E-state index in [2.05, 4.69) is 4.98 Å². The van der Waals surface area contributed by atoms with Gasteiger partial charge in [0.05, 0.1) is 0 Å². The van der Waals surface area contributed by atoms with Gasteiger partial charge in [0, 0.05) is 29.9 Å². The molecule has 3 heteroatoms. The van der Waals surface area contributed by atoms with Crippen LogP contribution >= 0.6 is 0 Å². The van der Waals surface area contributed by atoms with Crippen LogP contribution < -0.4 is 0 Å². The number of aromatic nitrogens is 1. The summed E-state index contributed by atoms with van der Waals surface area (Å²) in [6, 6.07) is 6.99. The number of hydrogen-bond acceptors (Lipinski definition) is 3. The van der Waals surface area contributed by atoms with Gasteiger partial charge in [-0.1, -0.05) is 17.7 Å². The van der Waals surface area contributed by atoms with Crippen molar-refractivity contribution in [3.05, 3.63) is 58.9 Å². The Labute approximate surface area is 106 Å². The van der Waals surface area contributed by atoms with Gasteiger partial charge in [-0.15, -0.1) is 0 Å². The SMILES string of the molecule is Cc1ccc(O)c(CC(=O)c2ccncc2C)c1. The maximum atomic E-state index is 12.2. The van der Waals surface area contributed by atoms with Gasteiger partial charge >= 0.3 is 0 Å². The van der Waals surface area contributed by atoms with E-state index in [4.69, 9.17) is 0 Å². The second-order valence-electron chi connectivity index (χ2n) is 4.42. The van der Waals surface area contributed by atoms with Crippen molar-refractivity contribution in [2.24, 2.45) is 0 Å². The third-order valence-corrected chi connectivity index (χ3v) is 2.91. The van der Waals surface area contributed by atoms with Crippen LogP contribution in [0.1, 0.15) is 27.0 Å². The van der Waals surface area contributed by atoms with Crippen molar-refractivity contribution in [1.29, 1.82) is 0 Å². The standard InChI is InChI=1S/C15H15NO2/c1-10-3-4-14(17)12(7-10)8-15(18)13-5-6-16-9-11(13)2/h3-7,9,17H,8H2,1-2H3. The average molecular weight is 241 g/mol. The smallest absolute Gasteiger partial charge is 0.167 e. The molecule has 92 valence electrons. The third-order valence-electron chi connectivity index (χ3n) is 2.91. The zero-order chi connectivity index (χ0) is 13.1. The Kier molecular flexibility index (Phi) is 3.42. The van der Waals surface area contributed by atoms with E-state index in [0.717, 1.165) is 11.1 Å². The number of pyridine rings is 1. The minimum absolute atomic E-state index is 0.00389. The van der Waals surface area contributed by atoms with Gasteiger partial charge in [-0.2, -0.15) is 0 Å². The predicted octanol–water partition coefficient (Wildman–Crippen LogP) is 2.83. The van der Waals surface area contributed by atoms with Crippen molar-refractivity contribution in [2.45, 2.75) is 20.3 Å². The Morgan fingerprint density at radius 2 is 2.06 bits per heavy atom. The van der Waals surface area contributed by atoms with Crippen LogP contribution in [0.25, 0.3) is 0 Å². The van der Waals surface area contributed by atoms with Crippen molar-refractivity contribution in [2.75, 3.05) is 0 Å². The topological polar surface area (TPSA) is 50.2 Å². The fourth-order valence-corrected chi connectivity index (χ4v) is 1.91.